The third-order valence-electron chi connectivity index (χ3n) is 4.85. The van der Waals surface area contributed by atoms with Gasteiger partial charge < -0.3 is 10.2 Å². The second-order valence-electron chi connectivity index (χ2n) is 6.19. The number of nitrogens with one attached hydrogen (secondary N) is 1. The van der Waals surface area contributed by atoms with E-state index < -0.39 is 0 Å². The lowest BCUT2D eigenvalue weighted by atomic mass is 9.84. The van der Waals surface area contributed by atoms with Crippen LogP contribution in [-0.4, -0.2) is 36.5 Å². The number of benzene rings is 1. The summed E-state index contributed by atoms with van der Waals surface area (Å²) in [5.74, 6) is 0.659. The number of rotatable bonds is 2. The second-order valence-corrected chi connectivity index (χ2v) is 7.28. The van der Waals surface area contributed by atoms with Crippen LogP contribution < -0.4 is 5.32 Å². The number of nitriles is 1. The molecular formula is C17H18ClN3OS. The molecular weight excluding hydrogens is 330 g/mol. The number of halogens is 1. The standard InChI is InChI=1S/C17H17N3OS.ClH/c18-9-11-1-2-13-8-16(22-15(13)7-11)17(21)19-14-10-20-5-3-12(14)4-6-20;/h1-2,7-8,12,14H,3-6,10H2,(H,19,21);1H/t14-;/m1./s1. The Morgan fingerprint density at radius 1 is 1.30 bits per heavy atom. The highest BCUT2D eigenvalue weighted by molar-refractivity contribution is 7.20. The molecule has 0 saturated carbocycles. The first-order valence-electron chi connectivity index (χ1n) is 7.70. The Hall–Kier alpha value is -1.61. The van der Waals surface area contributed by atoms with Gasteiger partial charge in [0.2, 0.25) is 0 Å². The zero-order valence-electron chi connectivity index (χ0n) is 12.6. The van der Waals surface area contributed by atoms with E-state index in [0.717, 1.165) is 21.5 Å². The van der Waals surface area contributed by atoms with Crippen LogP contribution in [0.2, 0.25) is 0 Å². The molecule has 1 aromatic carbocycles. The molecule has 3 saturated heterocycles. The van der Waals surface area contributed by atoms with Crippen LogP contribution in [0.15, 0.2) is 24.3 Å². The molecule has 3 aliphatic heterocycles. The predicted octanol–water partition coefficient (Wildman–Crippen LogP) is 3.02. The van der Waals surface area contributed by atoms with Gasteiger partial charge in [-0.2, -0.15) is 5.26 Å². The zero-order valence-corrected chi connectivity index (χ0v) is 14.3. The van der Waals surface area contributed by atoms with Crippen LogP contribution in [0, 0.1) is 17.2 Å². The van der Waals surface area contributed by atoms with Crippen LogP contribution in [0.3, 0.4) is 0 Å². The van der Waals surface area contributed by atoms with Crippen LogP contribution in [0.25, 0.3) is 10.1 Å². The maximum absolute atomic E-state index is 12.5. The van der Waals surface area contributed by atoms with E-state index in [2.05, 4.69) is 16.3 Å². The predicted molar refractivity (Wildman–Crippen MR) is 94.2 cm³/mol. The van der Waals surface area contributed by atoms with Crippen molar-refractivity contribution in [2.24, 2.45) is 5.92 Å². The number of nitrogens with zero attached hydrogens (tertiary/aromatic N) is 2. The van der Waals surface area contributed by atoms with Gasteiger partial charge in [-0.1, -0.05) is 6.07 Å². The van der Waals surface area contributed by atoms with Crippen molar-refractivity contribution in [3.63, 3.8) is 0 Å². The third-order valence-corrected chi connectivity index (χ3v) is 5.94. The molecule has 1 amide bonds. The summed E-state index contributed by atoms with van der Waals surface area (Å²) in [5, 5.41) is 13.2. The summed E-state index contributed by atoms with van der Waals surface area (Å²) in [4.78, 5) is 15.7. The van der Waals surface area contributed by atoms with Gasteiger partial charge in [0, 0.05) is 17.3 Å². The van der Waals surface area contributed by atoms with Crippen molar-refractivity contribution in [1.29, 1.82) is 5.26 Å². The third kappa shape index (κ3) is 3.07. The molecule has 2 bridgehead atoms. The highest BCUT2D eigenvalue weighted by Crippen LogP contribution is 2.29. The fourth-order valence-corrected chi connectivity index (χ4v) is 4.59. The fraction of sp³-hybridized carbons (Fsp3) is 0.412. The Kier molecular flexibility index (Phi) is 4.58. The number of fused-ring (bicyclic) bond motifs is 4. The minimum absolute atomic E-state index is 0. The first kappa shape index (κ1) is 16.3. The number of piperidine rings is 3. The Bertz CT molecular complexity index is 774. The molecule has 4 nitrogen and oxygen atoms in total. The summed E-state index contributed by atoms with van der Waals surface area (Å²) in [5.41, 5.74) is 0.638. The maximum Gasteiger partial charge on any atom is 0.261 e. The van der Waals surface area contributed by atoms with E-state index in [1.165, 1.54) is 37.3 Å². The summed E-state index contributed by atoms with van der Waals surface area (Å²) in [7, 11) is 0. The second kappa shape index (κ2) is 6.48. The fourth-order valence-electron chi connectivity index (χ4n) is 3.58. The summed E-state index contributed by atoms with van der Waals surface area (Å²) in [6.07, 6.45) is 2.39. The minimum atomic E-state index is 0. The summed E-state index contributed by atoms with van der Waals surface area (Å²) < 4.78 is 0.998. The van der Waals surface area contributed by atoms with E-state index in [-0.39, 0.29) is 24.4 Å². The van der Waals surface area contributed by atoms with E-state index in [1.807, 2.05) is 18.2 Å². The summed E-state index contributed by atoms with van der Waals surface area (Å²) in [6, 6.07) is 9.92. The number of hydrogen-bond donors (Lipinski definition) is 1. The molecule has 0 aliphatic carbocycles. The molecule has 1 aromatic heterocycles. The van der Waals surface area contributed by atoms with Crippen LogP contribution in [0.1, 0.15) is 28.1 Å². The monoisotopic (exact) mass is 347 g/mol. The van der Waals surface area contributed by atoms with Crippen molar-refractivity contribution >= 4 is 39.7 Å². The normalized spacial score (nSPS) is 25.6. The van der Waals surface area contributed by atoms with Gasteiger partial charge in [0.25, 0.3) is 5.91 Å². The van der Waals surface area contributed by atoms with Gasteiger partial charge in [-0.15, -0.1) is 23.7 Å². The molecule has 120 valence electrons. The lowest BCUT2D eigenvalue weighted by Gasteiger charge is -2.44. The Balaban J connectivity index is 0.00000156. The topological polar surface area (TPSA) is 56.1 Å². The SMILES string of the molecule is Cl.N#Cc1ccc2cc(C(=O)N[C@@H]3CN4CCC3CC4)sc2c1. The molecule has 2 aromatic rings. The lowest BCUT2D eigenvalue weighted by Crippen LogP contribution is -2.57. The van der Waals surface area contributed by atoms with E-state index in [4.69, 9.17) is 5.26 Å². The van der Waals surface area contributed by atoms with Crippen LogP contribution in [0.4, 0.5) is 0 Å². The van der Waals surface area contributed by atoms with E-state index >= 15 is 0 Å². The van der Waals surface area contributed by atoms with Crippen LogP contribution >= 0.6 is 23.7 Å². The summed E-state index contributed by atoms with van der Waals surface area (Å²) in [6.45, 7) is 3.34. The first-order valence-corrected chi connectivity index (χ1v) is 8.51. The van der Waals surface area contributed by atoms with Gasteiger partial charge in [-0.3, -0.25) is 4.79 Å². The molecule has 4 heterocycles. The van der Waals surface area contributed by atoms with Gasteiger partial charge in [0.05, 0.1) is 16.5 Å². The first-order chi connectivity index (χ1) is 10.7. The Morgan fingerprint density at radius 2 is 2.09 bits per heavy atom. The smallest absolute Gasteiger partial charge is 0.261 e. The minimum Gasteiger partial charge on any atom is -0.347 e. The van der Waals surface area contributed by atoms with E-state index in [1.54, 1.807) is 6.07 Å². The zero-order chi connectivity index (χ0) is 15.1. The molecule has 5 rings (SSSR count). The number of carbonyl (C=O) groups excluding carboxylic acids is 1. The molecule has 3 fully saturated rings. The molecule has 1 N–H and O–H groups in total. The van der Waals surface area contributed by atoms with Gasteiger partial charge in [-0.25, -0.2) is 0 Å². The highest BCUT2D eigenvalue weighted by atomic mass is 35.5. The molecule has 6 heteroatoms. The lowest BCUT2D eigenvalue weighted by molar-refractivity contribution is 0.0622. The number of hydrogen-bond acceptors (Lipinski definition) is 4. The van der Waals surface area contributed by atoms with Crippen molar-refractivity contribution in [3.05, 3.63) is 34.7 Å². The van der Waals surface area contributed by atoms with Crippen molar-refractivity contribution < 1.29 is 4.79 Å². The van der Waals surface area contributed by atoms with Crippen molar-refractivity contribution in [1.82, 2.24) is 10.2 Å². The largest absolute Gasteiger partial charge is 0.347 e. The van der Waals surface area contributed by atoms with Gasteiger partial charge in [-0.05, 0) is 55.4 Å². The van der Waals surface area contributed by atoms with E-state index in [0.29, 0.717) is 11.5 Å². The summed E-state index contributed by atoms with van der Waals surface area (Å²) >= 11 is 1.47. The van der Waals surface area contributed by atoms with Crippen LogP contribution in [-0.2, 0) is 0 Å². The molecule has 0 spiro atoms. The molecule has 0 unspecified atom stereocenters. The quantitative estimate of drug-likeness (QED) is 0.908. The maximum atomic E-state index is 12.5. The Morgan fingerprint density at radius 3 is 2.74 bits per heavy atom. The average Bonchev–Trinajstić information content (AvgIpc) is 2.99. The van der Waals surface area contributed by atoms with Crippen molar-refractivity contribution in [2.45, 2.75) is 18.9 Å². The van der Waals surface area contributed by atoms with Gasteiger partial charge >= 0.3 is 0 Å². The molecule has 1 atom stereocenters. The van der Waals surface area contributed by atoms with Crippen molar-refractivity contribution in [3.8, 4) is 6.07 Å². The molecule has 0 radical (unpaired) electrons. The van der Waals surface area contributed by atoms with Gasteiger partial charge in [0.15, 0.2) is 0 Å². The Labute approximate surface area is 145 Å². The van der Waals surface area contributed by atoms with Crippen LogP contribution in [0.5, 0.6) is 0 Å². The molecule has 23 heavy (non-hydrogen) atoms. The molecule has 3 aliphatic rings. The number of thiophene rings is 1. The average molecular weight is 348 g/mol. The van der Waals surface area contributed by atoms with Crippen molar-refractivity contribution in [2.75, 3.05) is 19.6 Å². The highest BCUT2D eigenvalue weighted by Gasteiger charge is 2.35. The number of amides is 1. The van der Waals surface area contributed by atoms with E-state index in [9.17, 15) is 4.79 Å². The van der Waals surface area contributed by atoms with Gasteiger partial charge in [0.1, 0.15) is 0 Å². The number of carbonyl (C=O) groups is 1.